The maximum atomic E-state index is 13.3. The van der Waals surface area contributed by atoms with Crippen LogP contribution in [0.5, 0.6) is 0 Å². The maximum absolute atomic E-state index is 13.3. The van der Waals surface area contributed by atoms with E-state index < -0.39 is 23.5 Å². The Balaban J connectivity index is 1.75. The summed E-state index contributed by atoms with van der Waals surface area (Å²) in [6, 6.07) is 5.43. The number of pyridine rings is 1. The molecular formula is C16H10ClF4N3O. The summed E-state index contributed by atoms with van der Waals surface area (Å²) in [4.78, 5) is 16.3. The number of nitrogens with zero attached hydrogens (tertiary/aromatic N) is 2. The van der Waals surface area contributed by atoms with E-state index in [1.165, 1.54) is 0 Å². The van der Waals surface area contributed by atoms with E-state index in [2.05, 4.69) is 10.3 Å². The lowest BCUT2D eigenvalue weighted by Crippen LogP contribution is -2.23. The second kappa shape index (κ2) is 6.36. The van der Waals surface area contributed by atoms with Crippen LogP contribution in [0.4, 0.5) is 17.6 Å². The van der Waals surface area contributed by atoms with Gasteiger partial charge in [-0.25, -0.2) is 9.37 Å². The lowest BCUT2D eigenvalue weighted by atomic mass is 10.1. The summed E-state index contributed by atoms with van der Waals surface area (Å²) in [7, 11) is 0. The molecule has 0 saturated heterocycles. The van der Waals surface area contributed by atoms with Crippen LogP contribution in [0, 0.1) is 5.82 Å². The molecule has 3 rings (SSSR count). The summed E-state index contributed by atoms with van der Waals surface area (Å²) < 4.78 is 53.0. The molecule has 0 spiro atoms. The third-order valence-corrected chi connectivity index (χ3v) is 3.65. The smallest absolute Gasteiger partial charge is 0.346 e. The summed E-state index contributed by atoms with van der Waals surface area (Å²) >= 11 is 5.86. The van der Waals surface area contributed by atoms with Crippen molar-refractivity contribution in [3.05, 3.63) is 70.4 Å². The average molecular weight is 372 g/mol. The quantitative estimate of drug-likeness (QED) is 0.705. The van der Waals surface area contributed by atoms with Gasteiger partial charge in [0.2, 0.25) is 0 Å². The number of alkyl halides is 3. The van der Waals surface area contributed by atoms with E-state index in [1.807, 2.05) is 0 Å². The van der Waals surface area contributed by atoms with Crippen LogP contribution in [0.1, 0.15) is 21.6 Å². The number of hydrogen-bond acceptors (Lipinski definition) is 2. The fourth-order valence-electron chi connectivity index (χ4n) is 2.26. The Morgan fingerprint density at radius 2 is 1.96 bits per heavy atom. The van der Waals surface area contributed by atoms with Crippen molar-refractivity contribution in [1.29, 1.82) is 0 Å². The molecule has 0 fully saturated rings. The lowest BCUT2D eigenvalue weighted by Gasteiger charge is -2.10. The Hall–Kier alpha value is -2.61. The summed E-state index contributed by atoms with van der Waals surface area (Å²) in [6.45, 7) is -0.00312. The van der Waals surface area contributed by atoms with Gasteiger partial charge in [0.1, 0.15) is 11.5 Å². The van der Waals surface area contributed by atoms with Gasteiger partial charge in [0, 0.05) is 18.0 Å². The number of imidazole rings is 1. The third kappa shape index (κ3) is 3.74. The van der Waals surface area contributed by atoms with Crippen molar-refractivity contribution in [3.8, 4) is 0 Å². The molecule has 2 heterocycles. The largest absolute Gasteiger partial charge is 0.419 e. The van der Waals surface area contributed by atoms with E-state index in [-0.39, 0.29) is 12.1 Å². The number of aromatic nitrogens is 2. The zero-order valence-electron chi connectivity index (χ0n) is 12.4. The standard InChI is InChI=1S/C16H10ClF4N3O/c17-10-2-4-14-23-11(8-24(14)7-10)6-22-15(25)9-1-3-13(18)12(5-9)16(19,20)21/h1-5,7-8H,6H2,(H,22,25). The number of halogens is 5. The number of fused-ring (bicyclic) bond motifs is 1. The number of carbonyl (C=O) groups is 1. The number of nitrogens with one attached hydrogen (secondary N) is 1. The van der Waals surface area contributed by atoms with E-state index in [1.54, 1.807) is 28.9 Å². The molecule has 0 aliphatic heterocycles. The molecule has 1 N–H and O–H groups in total. The topological polar surface area (TPSA) is 46.4 Å². The van der Waals surface area contributed by atoms with Gasteiger partial charge >= 0.3 is 6.18 Å². The van der Waals surface area contributed by atoms with Crippen molar-refractivity contribution in [3.63, 3.8) is 0 Å². The Morgan fingerprint density at radius 3 is 2.68 bits per heavy atom. The van der Waals surface area contributed by atoms with Crippen molar-refractivity contribution >= 4 is 23.2 Å². The number of benzene rings is 1. The molecule has 0 bridgehead atoms. The van der Waals surface area contributed by atoms with Crippen molar-refractivity contribution in [2.24, 2.45) is 0 Å². The van der Waals surface area contributed by atoms with E-state index in [9.17, 15) is 22.4 Å². The first-order chi connectivity index (χ1) is 11.7. The average Bonchev–Trinajstić information content (AvgIpc) is 2.93. The predicted octanol–water partition coefficient (Wildman–Crippen LogP) is 4.08. The van der Waals surface area contributed by atoms with Crippen LogP contribution in [-0.2, 0) is 12.7 Å². The van der Waals surface area contributed by atoms with Crippen LogP contribution in [0.3, 0.4) is 0 Å². The van der Waals surface area contributed by atoms with Gasteiger partial charge in [-0.2, -0.15) is 13.2 Å². The first-order valence-corrected chi connectivity index (χ1v) is 7.40. The molecule has 2 aromatic heterocycles. The minimum absolute atomic E-state index is 0.00312. The van der Waals surface area contributed by atoms with Crippen LogP contribution >= 0.6 is 11.6 Å². The van der Waals surface area contributed by atoms with Crippen molar-refractivity contribution < 1.29 is 22.4 Å². The molecule has 0 atom stereocenters. The lowest BCUT2D eigenvalue weighted by molar-refractivity contribution is -0.140. The number of rotatable bonds is 3. The first kappa shape index (κ1) is 17.2. The number of hydrogen-bond donors (Lipinski definition) is 1. The molecule has 0 aliphatic rings. The second-order valence-electron chi connectivity index (χ2n) is 5.22. The predicted molar refractivity (Wildman–Crippen MR) is 82.8 cm³/mol. The molecule has 0 aliphatic carbocycles. The van der Waals surface area contributed by atoms with Crippen LogP contribution in [0.25, 0.3) is 5.65 Å². The van der Waals surface area contributed by atoms with Gasteiger partial charge in [0.15, 0.2) is 0 Å². The monoisotopic (exact) mass is 371 g/mol. The Bertz CT molecular complexity index is 952. The van der Waals surface area contributed by atoms with Crippen molar-refractivity contribution in [1.82, 2.24) is 14.7 Å². The van der Waals surface area contributed by atoms with Crippen LogP contribution in [0.15, 0.2) is 42.7 Å². The zero-order valence-corrected chi connectivity index (χ0v) is 13.2. The van der Waals surface area contributed by atoms with E-state index >= 15 is 0 Å². The first-order valence-electron chi connectivity index (χ1n) is 7.02. The SMILES string of the molecule is O=C(NCc1cn2cc(Cl)ccc2n1)c1ccc(F)c(C(F)(F)F)c1. The molecule has 25 heavy (non-hydrogen) atoms. The summed E-state index contributed by atoms with van der Waals surface area (Å²) in [5.74, 6) is -2.19. The van der Waals surface area contributed by atoms with Crippen molar-refractivity contribution in [2.75, 3.05) is 0 Å². The second-order valence-corrected chi connectivity index (χ2v) is 5.66. The Kier molecular flexibility index (Phi) is 4.38. The number of carbonyl (C=O) groups excluding carboxylic acids is 1. The number of amides is 1. The van der Waals surface area contributed by atoms with Crippen molar-refractivity contribution in [2.45, 2.75) is 12.7 Å². The van der Waals surface area contributed by atoms with Gasteiger partial charge in [-0.3, -0.25) is 4.79 Å². The highest BCUT2D eigenvalue weighted by atomic mass is 35.5. The molecule has 1 aromatic carbocycles. The minimum Gasteiger partial charge on any atom is -0.346 e. The highest BCUT2D eigenvalue weighted by Crippen LogP contribution is 2.31. The fraction of sp³-hybridized carbons (Fsp3) is 0.125. The highest BCUT2D eigenvalue weighted by molar-refractivity contribution is 6.30. The molecule has 1 amide bonds. The van der Waals surface area contributed by atoms with E-state index in [0.717, 1.165) is 6.07 Å². The molecule has 4 nitrogen and oxygen atoms in total. The van der Waals surface area contributed by atoms with Crippen LogP contribution in [0.2, 0.25) is 5.02 Å². The summed E-state index contributed by atoms with van der Waals surface area (Å²) in [6.07, 6.45) is -1.61. The van der Waals surface area contributed by atoms with Crippen LogP contribution in [-0.4, -0.2) is 15.3 Å². The molecule has 0 unspecified atom stereocenters. The molecule has 9 heteroatoms. The minimum atomic E-state index is -4.87. The third-order valence-electron chi connectivity index (χ3n) is 3.43. The molecule has 130 valence electrons. The summed E-state index contributed by atoms with van der Waals surface area (Å²) in [5.41, 5.74) is -0.674. The molecular weight excluding hydrogens is 362 g/mol. The van der Waals surface area contributed by atoms with Gasteiger partial charge in [0.25, 0.3) is 5.91 Å². The van der Waals surface area contributed by atoms with Gasteiger partial charge in [-0.1, -0.05) is 11.6 Å². The Labute approximate surface area is 144 Å². The molecule has 3 aromatic rings. The molecule has 0 radical (unpaired) electrons. The molecule has 0 saturated carbocycles. The van der Waals surface area contributed by atoms with E-state index in [4.69, 9.17) is 11.6 Å². The van der Waals surface area contributed by atoms with Gasteiger partial charge in [-0.05, 0) is 30.3 Å². The van der Waals surface area contributed by atoms with E-state index in [0.29, 0.717) is 28.5 Å². The van der Waals surface area contributed by atoms with Gasteiger partial charge in [-0.15, -0.1) is 0 Å². The highest BCUT2D eigenvalue weighted by Gasteiger charge is 2.34. The summed E-state index contributed by atoms with van der Waals surface area (Å²) in [5, 5.41) is 2.96. The Morgan fingerprint density at radius 1 is 1.20 bits per heavy atom. The zero-order chi connectivity index (χ0) is 18.2. The van der Waals surface area contributed by atoms with Gasteiger partial charge in [0.05, 0.1) is 22.8 Å². The fourth-order valence-corrected chi connectivity index (χ4v) is 2.43. The maximum Gasteiger partial charge on any atom is 0.419 e. The normalized spacial score (nSPS) is 11.7. The van der Waals surface area contributed by atoms with Gasteiger partial charge < -0.3 is 9.72 Å². The van der Waals surface area contributed by atoms with Crippen LogP contribution < -0.4 is 5.32 Å².